The van der Waals surface area contributed by atoms with Gasteiger partial charge in [-0.05, 0) is 25.8 Å². The molecular weight excluding hydrogens is 226 g/mol. The molecule has 2 atom stereocenters. The van der Waals surface area contributed by atoms with Gasteiger partial charge in [0.25, 0.3) is 0 Å². The van der Waals surface area contributed by atoms with Gasteiger partial charge in [-0.3, -0.25) is 0 Å². The first-order valence-electron chi connectivity index (χ1n) is 6.86. The number of nitrogens with zero attached hydrogens (tertiary/aromatic N) is 1. The lowest BCUT2D eigenvalue weighted by Gasteiger charge is -2.28. The van der Waals surface area contributed by atoms with Gasteiger partial charge in [0.1, 0.15) is 0 Å². The Morgan fingerprint density at radius 1 is 1.44 bits per heavy atom. The number of rotatable bonds is 3. The summed E-state index contributed by atoms with van der Waals surface area (Å²) >= 11 is 0. The van der Waals surface area contributed by atoms with Gasteiger partial charge in [0.05, 0.1) is 12.2 Å². The third kappa shape index (κ3) is 3.03. The predicted octanol–water partition coefficient (Wildman–Crippen LogP) is 2.75. The summed E-state index contributed by atoms with van der Waals surface area (Å²) in [5.74, 6) is 0. The van der Waals surface area contributed by atoms with Crippen LogP contribution in [0.15, 0.2) is 24.3 Å². The van der Waals surface area contributed by atoms with Gasteiger partial charge in [-0.2, -0.15) is 0 Å². The van der Waals surface area contributed by atoms with Crippen molar-refractivity contribution in [1.82, 2.24) is 0 Å². The van der Waals surface area contributed by atoms with Crippen molar-refractivity contribution in [3.8, 4) is 0 Å². The van der Waals surface area contributed by atoms with E-state index in [0.29, 0.717) is 0 Å². The zero-order valence-electron chi connectivity index (χ0n) is 11.3. The maximum Gasteiger partial charge on any atom is 0.0807 e. The van der Waals surface area contributed by atoms with Crippen molar-refractivity contribution in [3.63, 3.8) is 0 Å². The topological polar surface area (TPSA) is 32.7 Å². The third-order valence-electron chi connectivity index (χ3n) is 3.48. The molecule has 1 aliphatic heterocycles. The maximum atomic E-state index is 10.1. The number of para-hydroxylation sites is 1. The van der Waals surface area contributed by atoms with E-state index in [0.717, 1.165) is 43.8 Å². The molecule has 0 aromatic heterocycles. The van der Waals surface area contributed by atoms with Crippen molar-refractivity contribution < 1.29 is 9.84 Å². The Labute approximate surface area is 109 Å². The first-order valence-corrected chi connectivity index (χ1v) is 6.86. The van der Waals surface area contributed by atoms with Gasteiger partial charge in [-0.25, -0.2) is 0 Å². The van der Waals surface area contributed by atoms with Gasteiger partial charge >= 0.3 is 0 Å². The third-order valence-corrected chi connectivity index (χ3v) is 3.48. The molecule has 1 heterocycles. The molecular formula is C15H23NO2. The summed E-state index contributed by atoms with van der Waals surface area (Å²) in [6.45, 7) is 6.84. The average Bonchev–Trinajstić information content (AvgIpc) is 2.62. The summed E-state index contributed by atoms with van der Waals surface area (Å²) in [7, 11) is 0. The van der Waals surface area contributed by atoms with Crippen LogP contribution in [0.4, 0.5) is 5.69 Å². The Morgan fingerprint density at radius 2 is 2.22 bits per heavy atom. The fourth-order valence-corrected chi connectivity index (χ4v) is 2.49. The lowest BCUT2D eigenvalue weighted by molar-refractivity contribution is 0.0820. The molecule has 18 heavy (non-hydrogen) atoms. The van der Waals surface area contributed by atoms with Gasteiger partial charge in [0.15, 0.2) is 0 Å². The average molecular weight is 249 g/mol. The Kier molecular flexibility index (Phi) is 4.61. The van der Waals surface area contributed by atoms with Crippen molar-refractivity contribution in [2.75, 3.05) is 24.6 Å². The molecule has 1 aromatic carbocycles. The Morgan fingerprint density at radius 3 is 3.00 bits per heavy atom. The maximum absolute atomic E-state index is 10.1. The van der Waals surface area contributed by atoms with Crippen LogP contribution < -0.4 is 4.90 Å². The smallest absolute Gasteiger partial charge is 0.0807 e. The molecule has 0 amide bonds. The molecule has 1 N–H and O–H groups in total. The van der Waals surface area contributed by atoms with Crippen LogP contribution in [0.2, 0.25) is 0 Å². The quantitative estimate of drug-likeness (QED) is 0.894. The van der Waals surface area contributed by atoms with Gasteiger partial charge in [0, 0.05) is 30.9 Å². The highest BCUT2D eigenvalue weighted by molar-refractivity contribution is 5.54. The molecule has 0 saturated carbocycles. The molecule has 1 fully saturated rings. The minimum Gasteiger partial charge on any atom is -0.388 e. The molecule has 0 spiro atoms. The summed E-state index contributed by atoms with van der Waals surface area (Å²) < 4.78 is 5.68. The summed E-state index contributed by atoms with van der Waals surface area (Å²) in [5, 5.41) is 10.1. The molecule has 0 aliphatic carbocycles. The van der Waals surface area contributed by atoms with E-state index in [-0.39, 0.29) is 12.2 Å². The van der Waals surface area contributed by atoms with E-state index in [4.69, 9.17) is 4.74 Å². The van der Waals surface area contributed by atoms with Crippen molar-refractivity contribution in [2.24, 2.45) is 0 Å². The van der Waals surface area contributed by atoms with E-state index in [2.05, 4.69) is 17.9 Å². The largest absolute Gasteiger partial charge is 0.388 e. The van der Waals surface area contributed by atoms with Crippen LogP contribution >= 0.6 is 0 Å². The van der Waals surface area contributed by atoms with Gasteiger partial charge < -0.3 is 14.7 Å². The van der Waals surface area contributed by atoms with Gasteiger partial charge in [-0.15, -0.1) is 0 Å². The molecule has 0 radical (unpaired) electrons. The number of benzene rings is 1. The van der Waals surface area contributed by atoms with Crippen molar-refractivity contribution in [1.29, 1.82) is 0 Å². The molecule has 1 aliphatic rings. The van der Waals surface area contributed by atoms with Crippen molar-refractivity contribution in [3.05, 3.63) is 29.8 Å². The standard InChI is InChI=1S/C15H23NO2/c1-3-15(17)13-7-4-5-8-14(13)16-9-6-10-18-12(2)11-16/h4-5,7-8,12,15,17H,3,6,9-11H2,1-2H3/t12?,15-/m0/s1. The van der Waals surface area contributed by atoms with Crippen LogP contribution in [-0.2, 0) is 4.74 Å². The van der Waals surface area contributed by atoms with Crippen LogP contribution in [0.25, 0.3) is 0 Å². The zero-order chi connectivity index (χ0) is 13.0. The molecule has 3 heteroatoms. The molecule has 3 nitrogen and oxygen atoms in total. The Hall–Kier alpha value is -1.06. The van der Waals surface area contributed by atoms with Crippen LogP contribution in [0.5, 0.6) is 0 Å². The number of hydrogen-bond acceptors (Lipinski definition) is 3. The van der Waals surface area contributed by atoms with Crippen LogP contribution in [0.1, 0.15) is 38.4 Å². The monoisotopic (exact) mass is 249 g/mol. The molecule has 100 valence electrons. The molecule has 2 rings (SSSR count). The number of hydrogen-bond donors (Lipinski definition) is 1. The Bertz CT molecular complexity index is 381. The lowest BCUT2D eigenvalue weighted by atomic mass is 10.0. The van der Waals surface area contributed by atoms with Crippen molar-refractivity contribution in [2.45, 2.75) is 38.9 Å². The van der Waals surface area contributed by atoms with Crippen LogP contribution in [0.3, 0.4) is 0 Å². The van der Waals surface area contributed by atoms with E-state index in [1.54, 1.807) is 0 Å². The molecule has 1 aromatic rings. The number of aliphatic hydroxyl groups is 1. The zero-order valence-corrected chi connectivity index (χ0v) is 11.3. The second kappa shape index (κ2) is 6.21. The van der Waals surface area contributed by atoms with Crippen LogP contribution in [0, 0.1) is 0 Å². The highest BCUT2D eigenvalue weighted by Crippen LogP contribution is 2.29. The highest BCUT2D eigenvalue weighted by Gasteiger charge is 2.19. The molecule has 1 unspecified atom stereocenters. The van der Waals surface area contributed by atoms with E-state index in [1.807, 2.05) is 25.1 Å². The highest BCUT2D eigenvalue weighted by atomic mass is 16.5. The summed E-state index contributed by atoms with van der Waals surface area (Å²) in [4.78, 5) is 2.34. The SMILES string of the molecule is CC[C@H](O)c1ccccc1N1CCCOC(C)C1. The number of ether oxygens (including phenoxy) is 1. The minimum atomic E-state index is -0.374. The first-order chi connectivity index (χ1) is 8.72. The van der Waals surface area contributed by atoms with Crippen molar-refractivity contribution >= 4 is 5.69 Å². The van der Waals surface area contributed by atoms with E-state index in [9.17, 15) is 5.11 Å². The first kappa shape index (κ1) is 13.4. The second-order valence-electron chi connectivity index (χ2n) is 4.96. The van der Waals surface area contributed by atoms with Gasteiger partial charge in [-0.1, -0.05) is 25.1 Å². The summed E-state index contributed by atoms with van der Waals surface area (Å²) in [6, 6.07) is 8.17. The fraction of sp³-hybridized carbons (Fsp3) is 0.600. The number of anilines is 1. The molecule has 1 saturated heterocycles. The van der Waals surface area contributed by atoms with E-state index < -0.39 is 0 Å². The minimum absolute atomic E-state index is 0.249. The second-order valence-corrected chi connectivity index (χ2v) is 4.96. The summed E-state index contributed by atoms with van der Waals surface area (Å²) in [5.41, 5.74) is 2.19. The fourth-order valence-electron chi connectivity index (χ4n) is 2.49. The van der Waals surface area contributed by atoms with E-state index >= 15 is 0 Å². The lowest BCUT2D eigenvalue weighted by Crippen LogP contribution is -2.31. The Balaban J connectivity index is 2.25. The normalized spacial score (nSPS) is 22.6. The molecule has 0 bridgehead atoms. The predicted molar refractivity (Wildman–Crippen MR) is 73.9 cm³/mol. The van der Waals surface area contributed by atoms with Gasteiger partial charge in [0.2, 0.25) is 0 Å². The summed E-state index contributed by atoms with van der Waals surface area (Å²) in [6.07, 6.45) is 1.66. The number of aliphatic hydroxyl groups excluding tert-OH is 1. The van der Waals surface area contributed by atoms with E-state index in [1.165, 1.54) is 0 Å². The van der Waals surface area contributed by atoms with Crippen LogP contribution in [-0.4, -0.2) is 30.9 Å².